The van der Waals surface area contributed by atoms with Crippen LogP contribution in [0.4, 0.5) is 0 Å². The first kappa shape index (κ1) is 57.8. The van der Waals surface area contributed by atoms with Crippen LogP contribution in [-0.2, 0) is 57.1 Å². The van der Waals surface area contributed by atoms with Gasteiger partial charge in [0.15, 0.2) is 23.3 Å². The zero-order valence-electron chi connectivity index (χ0n) is 42.9. The van der Waals surface area contributed by atoms with Crippen molar-refractivity contribution >= 4 is 36.2 Å². The first-order chi connectivity index (χ1) is 33.8. The van der Waals surface area contributed by atoms with Crippen molar-refractivity contribution < 1.29 is 75.5 Å². The summed E-state index contributed by atoms with van der Waals surface area (Å²) in [6.45, 7) is 12.1. The summed E-state index contributed by atoms with van der Waals surface area (Å²) in [4.78, 5) is 78.7. The largest absolute Gasteiger partial charge is 0.462 e. The van der Waals surface area contributed by atoms with Gasteiger partial charge in [-0.05, 0) is 50.7 Å². The van der Waals surface area contributed by atoms with Crippen LogP contribution in [0.2, 0.25) is 0 Å². The molecule has 1 amide bonds. The van der Waals surface area contributed by atoms with Gasteiger partial charge in [0.1, 0.15) is 48.9 Å². The number of amides is 1. The number of hydrogen-bond donors (Lipinski definition) is 1. The molecule has 3 aromatic heterocycles. The van der Waals surface area contributed by atoms with Crippen LogP contribution in [0.5, 0.6) is 0 Å². The Labute approximate surface area is 415 Å². The van der Waals surface area contributed by atoms with Crippen molar-refractivity contribution in [3.63, 3.8) is 0 Å². The zero-order valence-corrected chi connectivity index (χ0v) is 42.9. The molecule has 0 fully saturated rings. The van der Waals surface area contributed by atoms with Crippen molar-refractivity contribution in [3.05, 3.63) is 60.9 Å². The van der Waals surface area contributed by atoms with Gasteiger partial charge in [0, 0.05) is 72.8 Å². The maximum atomic E-state index is 13.7. The molecule has 0 saturated heterocycles. The highest BCUT2D eigenvalue weighted by Gasteiger charge is 2.37. The number of aliphatic hydroxyl groups is 1. The lowest BCUT2D eigenvalue weighted by molar-refractivity contribution is -0.170. The number of oxazole rings is 3. The lowest BCUT2D eigenvalue weighted by Crippen LogP contribution is -2.41. The molecule has 0 saturated carbocycles. The Morgan fingerprint density at radius 2 is 1.54 bits per heavy atom. The maximum absolute atomic E-state index is 13.7. The van der Waals surface area contributed by atoms with Crippen LogP contribution in [0.25, 0.3) is 29.2 Å². The van der Waals surface area contributed by atoms with E-state index < -0.39 is 84.5 Å². The molecule has 6 bridgehead atoms. The van der Waals surface area contributed by atoms with Gasteiger partial charge in [-0.2, -0.15) is 0 Å². The first-order valence-electron chi connectivity index (χ1n) is 23.8. The zero-order chi connectivity index (χ0) is 52.4. The van der Waals surface area contributed by atoms with Gasteiger partial charge in [0.25, 0.3) is 0 Å². The third-order valence-electron chi connectivity index (χ3n) is 12.9. The summed E-state index contributed by atoms with van der Waals surface area (Å²) in [6.07, 6.45) is 9.31. The number of ether oxygens (including phenoxy) is 7. The molecule has 4 rings (SSSR count). The van der Waals surface area contributed by atoms with Crippen molar-refractivity contribution in [2.24, 2.45) is 29.6 Å². The number of carbonyl (C=O) groups is 5. The molecule has 1 aliphatic heterocycles. The maximum Gasteiger partial charge on any atom is 0.335 e. The third-order valence-corrected chi connectivity index (χ3v) is 12.9. The standard InChI is InChI=1S/C51H72N4O16/c1-29(19-20-42(71-51(61)34(6)62-9)33(5)47(69-35(7)57)30(2)21-22-55(8)28-56)43(64-11)24-44-32(4)41(63-10)17-14-18-45-52-38(26-66-45)49-54-39(27-68-49)50-53-37(25-67-50)48(65-12)31(3)40(59)16-13-15-36(58)23-46(60)70-44/h13-14,16,18,21-22,25-34,36,41-44,47-48,58H,15,17,19-20,23-24H2,1-12H3/b16-13+,18-14-,22-21+/t29-,30+,31-,32+,33-,34+,36-,41-,42+,43-,44+,47+,48-/m0/s1. The molecule has 20 nitrogen and oxygen atoms in total. The highest BCUT2D eigenvalue weighted by Crippen LogP contribution is 2.33. The van der Waals surface area contributed by atoms with Crippen LogP contribution in [0.15, 0.2) is 62.5 Å². The van der Waals surface area contributed by atoms with E-state index in [-0.39, 0.29) is 60.2 Å². The molecule has 1 N–H and O–H groups in total. The monoisotopic (exact) mass is 996 g/mol. The van der Waals surface area contributed by atoms with Gasteiger partial charge in [-0.25, -0.2) is 19.7 Å². The van der Waals surface area contributed by atoms with Gasteiger partial charge < -0.3 is 56.4 Å². The number of hydrogen-bond acceptors (Lipinski definition) is 19. The summed E-state index contributed by atoms with van der Waals surface area (Å²) in [7, 11) is 7.56. The molecule has 3 aromatic rings. The summed E-state index contributed by atoms with van der Waals surface area (Å²) < 4.78 is 58.1. The number of allylic oxidation sites excluding steroid dienone is 1. The number of methoxy groups -OCH3 is 4. The van der Waals surface area contributed by atoms with Crippen LogP contribution in [-0.4, -0.2) is 133 Å². The topological polar surface area (TPSA) is 252 Å². The second kappa shape index (κ2) is 28.3. The summed E-state index contributed by atoms with van der Waals surface area (Å²) in [5.41, 5.74) is 0.960. The summed E-state index contributed by atoms with van der Waals surface area (Å²) in [5, 5.41) is 11.0. The Morgan fingerprint density at radius 1 is 0.859 bits per heavy atom. The fraction of sp³-hybridized carbons (Fsp3) is 0.608. The summed E-state index contributed by atoms with van der Waals surface area (Å²) >= 11 is 0. The minimum atomic E-state index is -1.18. The summed E-state index contributed by atoms with van der Waals surface area (Å²) in [5.74, 6) is -3.77. The quantitative estimate of drug-likeness (QED) is 0.0712. The lowest BCUT2D eigenvalue weighted by atomic mass is 9.83. The molecule has 0 aromatic carbocycles. The van der Waals surface area contributed by atoms with E-state index in [0.29, 0.717) is 37.1 Å². The van der Waals surface area contributed by atoms with E-state index in [1.165, 1.54) is 57.0 Å². The average molecular weight is 997 g/mol. The van der Waals surface area contributed by atoms with Gasteiger partial charge in [0.2, 0.25) is 24.1 Å². The lowest BCUT2D eigenvalue weighted by Gasteiger charge is -2.35. The SMILES string of the molecule is CO[C@H]1C/C=C\c2nc(co2)-c2nc(co2)-c2nc(co2)[C@@H](OC)[C@@H](C)C(=O)/C=C/C[C@H](O)CC(=O)O[C@H](C[C@H](OC)[C@@H](C)CC[C@@H](OC(=O)[C@@H](C)OC)[C@H](C)[C@H](OC(C)=O)[C@H](C)/C=C/N(C)C=O)[C@@H]1C. The number of nitrogens with zero attached hydrogens (tertiary/aromatic N) is 4. The van der Waals surface area contributed by atoms with Crippen molar-refractivity contribution in [2.75, 3.05) is 35.5 Å². The highest BCUT2D eigenvalue weighted by atomic mass is 16.6. The second-order valence-corrected chi connectivity index (χ2v) is 18.2. The number of aliphatic hydroxyl groups excluding tert-OH is 1. The minimum absolute atomic E-state index is 0.0177. The number of aromatic nitrogens is 3. The highest BCUT2D eigenvalue weighted by molar-refractivity contribution is 5.92. The van der Waals surface area contributed by atoms with Gasteiger partial charge in [-0.1, -0.05) is 52.8 Å². The normalized spacial score (nSPS) is 24.5. The Bertz CT molecular complexity index is 2250. The van der Waals surface area contributed by atoms with E-state index in [0.717, 1.165) is 0 Å². The van der Waals surface area contributed by atoms with E-state index in [1.54, 1.807) is 53.5 Å². The van der Waals surface area contributed by atoms with Crippen LogP contribution in [0, 0.1) is 29.6 Å². The Hall–Kier alpha value is -5.80. The molecule has 13 atom stereocenters. The van der Waals surface area contributed by atoms with Gasteiger partial charge in [0.05, 0.1) is 30.7 Å². The van der Waals surface area contributed by atoms with Crippen LogP contribution in [0.1, 0.15) is 105 Å². The number of fused-ring (bicyclic) bond motifs is 8. The number of ketones is 1. The molecule has 4 heterocycles. The fourth-order valence-electron chi connectivity index (χ4n) is 8.33. The van der Waals surface area contributed by atoms with E-state index in [9.17, 15) is 29.1 Å². The third kappa shape index (κ3) is 16.9. The molecule has 392 valence electrons. The molecule has 0 spiro atoms. The fourth-order valence-corrected chi connectivity index (χ4v) is 8.33. The predicted octanol–water partition coefficient (Wildman–Crippen LogP) is 7.13. The van der Waals surface area contributed by atoms with Crippen LogP contribution < -0.4 is 0 Å². The van der Waals surface area contributed by atoms with Crippen molar-refractivity contribution in [3.8, 4) is 23.2 Å². The van der Waals surface area contributed by atoms with E-state index in [4.69, 9.17) is 46.4 Å². The van der Waals surface area contributed by atoms with E-state index >= 15 is 0 Å². The number of cyclic esters (lactones) is 1. The predicted molar refractivity (Wildman–Crippen MR) is 256 cm³/mol. The first-order valence-corrected chi connectivity index (χ1v) is 23.8. The minimum Gasteiger partial charge on any atom is -0.462 e. The molecule has 20 heteroatoms. The Balaban J connectivity index is 1.61. The smallest absolute Gasteiger partial charge is 0.335 e. The van der Waals surface area contributed by atoms with Gasteiger partial charge in [-0.15, -0.1) is 0 Å². The molecular weight excluding hydrogens is 925 g/mol. The second-order valence-electron chi connectivity index (χ2n) is 18.2. The number of rotatable bonds is 19. The van der Waals surface area contributed by atoms with Crippen molar-refractivity contribution in [1.29, 1.82) is 0 Å². The average Bonchev–Trinajstić information content (AvgIpc) is 4.15. The Morgan fingerprint density at radius 3 is 2.20 bits per heavy atom. The number of esters is 3. The van der Waals surface area contributed by atoms with Crippen molar-refractivity contribution in [2.45, 2.75) is 136 Å². The molecule has 0 aliphatic carbocycles. The number of carbonyl (C=O) groups excluding carboxylic acids is 5. The van der Waals surface area contributed by atoms with Crippen LogP contribution in [0.3, 0.4) is 0 Å². The Kier molecular flexibility index (Phi) is 23.0. The summed E-state index contributed by atoms with van der Waals surface area (Å²) in [6, 6.07) is 0. The van der Waals surface area contributed by atoms with Gasteiger partial charge in [-0.3, -0.25) is 19.2 Å². The molecule has 0 radical (unpaired) electrons. The van der Waals surface area contributed by atoms with E-state index in [2.05, 4.69) is 15.0 Å². The molecule has 0 unspecified atom stereocenters. The van der Waals surface area contributed by atoms with E-state index in [1.807, 2.05) is 33.8 Å². The molecular formula is C51H72N4O16. The van der Waals surface area contributed by atoms with Crippen LogP contribution >= 0.6 is 0 Å². The van der Waals surface area contributed by atoms with Crippen molar-refractivity contribution in [1.82, 2.24) is 19.9 Å². The molecule has 71 heavy (non-hydrogen) atoms. The molecule has 1 aliphatic rings. The van der Waals surface area contributed by atoms with Gasteiger partial charge >= 0.3 is 17.9 Å².